The predicted molar refractivity (Wildman–Crippen MR) is 88.0 cm³/mol. The summed E-state index contributed by atoms with van der Waals surface area (Å²) in [5.74, 6) is 0. The van der Waals surface area contributed by atoms with Crippen molar-refractivity contribution in [3.05, 3.63) is 54.6 Å². The van der Waals surface area contributed by atoms with Gasteiger partial charge in [-0.15, -0.1) is 0 Å². The van der Waals surface area contributed by atoms with Crippen LogP contribution in [-0.4, -0.2) is 15.1 Å². The third-order valence-corrected chi connectivity index (χ3v) is 4.11. The lowest BCUT2D eigenvalue weighted by molar-refractivity contribution is 0.396. The quantitative estimate of drug-likeness (QED) is 0.852. The highest BCUT2D eigenvalue weighted by Gasteiger charge is 2.37. The fourth-order valence-corrected chi connectivity index (χ4v) is 3.20. The van der Waals surface area contributed by atoms with Gasteiger partial charge in [-0.3, -0.25) is 9.97 Å². The summed E-state index contributed by atoms with van der Waals surface area (Å²) in [6, 6.07) is 9.85. The van der Waals surface area contributed by atoms with Crippen molar-refractivity contribution in [1.29, 1.82) is 0 Å². The molecule has 0 amide bonds. The molecule has 0 bridgehead atoms. The van der Waals surface area contributed by atoms with Crippen molar-refractivity contribution < 1.29 is 0 Å². The molecular weight excluding hydrogens is 280 g/mol. The summed E-state index contributed by atoms with van der Waals surface area (Å²) in [7, 11) is 0. The lowest BCUT2D eigenvalue weighted by atomic mass is 9.93. The van der Waals surface area contributed by atoms with Gasteiger partial charge in [0.15, 0.2) is 5.11 Å². The largest absolute Gasteiger partial charge is 0.351 e. The highest BCUT2D eigenvalue weighted by atomic mass is 32.1. The molecule has 0 unspecified atom stereocenters. The molecule has 0 radical (unpaired) electrons. The normalized spacial score (nSPS) is 16.4. The highest BCUT2D eigenvalue weighted by molar-refractivity contribution is 7.80. The van der Waals surface area contributed by atoms with Gasteiger partial charge in [0, 0.05) is 24.3 Å². The molecule has 0 atom stereocenters. The number of pyridine rings is 2. The zero-order valence-electron chi connectivity index (χ0n) is 11.7. The van der Waals surface area contributed by atoms with Gasteiger partial charge in [-0.2, -0.15) is 0 Å². The Bertz CT molecular complexity index is 594. The summed E-state index contributed by atoms with van der Waals surface area (Å²) in [6.45, 7) is 0. The standard InChI is InChI=1S/C16H18N4S/c21-15(19-13-6-11-17-12-7-13)20-16(8-2-3-9-16)14-5-1-4-10-18-14/h1,4-7,10-12H,2-3,8-9H2,(H2,17,19,20,21). The summed E-state index contributed by atoms with van der Waals surface area (Å²) in [4.78, 5) is 8.54. The van der Waals surface area contributed by atoms with Crippen LogP contribution in [0.5, 0.6) is 0 Å². The molecule has 5 heteroatoms. The van der Waals surface area contributed by atoms with E-state index in [0.717, 1.165) is 24.2 Å². The maximum Gasteiger partial charge on any atom is 0.171 e. The Hall–Kier alpha value is -2.01. The molecule has 4 nitrogen and oxygen atoms in total. The summed E-state index contributed by atoms with van der Waals surface area (Å²) in [5.41, 5.74) is 1.87. The molecule has 0 aromatic carbocycles. The minimum atomic E-state index is -0.141. The van der Waals surface area contributed by atoms with Crippen molar-refractivity contribution in [2.24, 2.45) is 0 Å². The van der Waals surface area contributed by atoms with Gasteiger partial charge in [-0.25, -0.2) is 0 Å². The van der Waals surface area contributed by atoms with Gasteiger partial charge in [0.05, 0.1) is 11.2 Å². The van der Waals surface area contributed by atoms with Crippen LogP contribution in [0.15, 0.2) is 48.9 Å². The molecule has 2 heterocycles. The molecular formula is C16H18N4S. The lowest BCUT2D eigenvalue weighted by Crippen LogP contribution is -2.46. The minimum absolute atomic E-state index is 0.141. The maximum atomic E-state index is 5.47. The number of anilines is 1. The van der Waals surface area contributed by atoms with Gasteiger partial charge in [0.25, 0.3) is 0 Å². The third kappa shape index (κ3) is 3.19. The molecule has 3 rings (SSSR count). The molecule has 0 spiro atoms. The maximum absolute atomic E-state index is 5.47. The zero-order valence-corrected chi connectivity index (χ0v) is 12.6. The van der Waals surface area contributed by atoms with E-state index in [2.05, 4.69) is 26.7 Å². The summed E-state index contributed by atoms with van der Waals surface area (Å²) < 4.78 is 0. The molecule has 1 fully saturated rings. The van der Waals surface area contributed by atoms with E-state index >= 15 is 0 Å². The topological polar surface area (TPSA) is 49.8 Å². The second kappa shape index (κ2) is 6.18. The van der Waals surface area contributed by atoms with E-state index in [9.17, 15) is 0 Å². The number of nitrogens with zero attached hydrogens (tertiary/aromatic N) is 2. The molecule has 21 heavy (non-hydrogen) atoms. The van der Waals surface area contributed by atoms with Gasteiger partial charge in [-0.05, 0) is 49.3 Å². The van der Waals surface area contributed by atoms with Crippen LogP contribution in [0.2, 0.25) is 0 Å². The third-order valence-electron chi connectivity index (χ3n) is 3.90. The first-order valence-electron chi connectivity index (χ1n) is 7.19. The first-order valence-corrected chi connectivity index (χ1v) is 7.60. The van der Waals surface area contributed by atoms with Crippen molar-refractivity contribution in [3.8, 4) is 0 Å². The number of rotatable bonds is 3. The van der Waals surface area contributed by atoms with Crippen LogP contribution >= 0.6 is 12.2 Å². The van der Waals surface area contributed by atoms with Crippen molar-refractivity contribution in [3.63, 3.8) is 0 Å². The SMILES string of the molecule is S=C(Nc1ccncc1)NC1(c2ccccn2)CCCC1. The molecule has 1 saturated carbocycles. The van der Waals surface area contributed by atoms with E-state index in [0.29, 0.717) is 5.11 Å². The van der Waals surface area contributed by atoms with Gasteiger partial charge >= 0.3 is 0 Å². The Labute approximate surface area is 130 Å². The van der Waals surface area contributed by atoms with E-state index in [1.165, 1.54) is 12.8 Å². The van der Waals surface area contributed by atoms with E-state index in [1.54, 1.807) is 12.4 Å². The number of hydrogen-bond donors (Lipinski definition) is 2. The average molecular weight is 298 g/mol. The molecule has 2 aromatic rings. The number of thiocarbonyl (C=S) groups is 1. The van der Waals surface area contributed by atoms with E-state index in [-0.39, 0.29) is 5.54 Å². The molecule has 1 aliphatic carbocycles. The van der Waals surface area contributed by atoms with E-state index in [1.807, 2.05) is 30.5 Å². The summed E-state index contributed by atoms with van der Waals surface area (Å²) in [6.07, 6.45) is 9.84. The summed E-state index contributed by atoms with van der Waals surface area (Å²) >= 11 is 5.47. The first kappa shape index (κ1) is 13.9. The second-order valence-electron chi connectivity index (χ2n) is 5.32. The fraction of sp³-hybridized carbons (Fsp3) is 0.312. The molecule has 0 aliphatic heterocycles. The second-order valence-corrected chi connectivity index (χ2v) is 5.73. The predicted octanol–water partition coefficient (Wildman–Crippen LogP) is 3.23. The van der Waals surface area contributed by atoms with Crippen molar-refractivity contribution in [1.82, 2.24) is 15.3 Å². The molecule has 0 saturated heterocycles. The highest BCUT2D eigenvalue weighted by Crippen LogP contribution is 2.37. The van der Waals surface area contributed by atoms with Crippen molar-refractivity contribution in [2.45, 2.75) is 31.2 Å². The van der Waals surface area contributed by atoms with Crippen molar-refractivity contribution >= 4 is 23.0 Å². The smallest absolute Gasteiger partial charge is 0.171 e. The Morgan fingerprint density at radius 2 is 1.81 bits per heavy atom. The number of nitrogens with one attached hydrogen (secondary N) is 2. The number of hydrogen-bond acceptors (Lipinski definition) is 3. The Morgan fingerprint density at radius 3 is 2.48 bits per heavy atom. The average Bonchev–Trinajstić information content (AvgIpc) is 2.99. The van der Waals surface area contributed by atoms with Crippen LogP contribution in [0.3, 0.4) is 0 Å². The minimum Gasteiger partial charge on any atom is -0.351 e. The molecule has 2 aromatic heterocycles. The van der Waals surface area contributed by atoms with Crippen LogP contribution in [-0.2, 0) is 5.54 Å². The van der Waals surface area contributed by atoms with Crippen LogP contribution in [0.1, 0.15) is 31.4 Å². The first-order chi connectivity index (χ1) is 10.3. The van der Waals surface area contributed by atoms with Crippen LogP contribution in [0.25, 0.3) is 0 Å². The zero-order chi connectivity index (χ0) is 14.5. The van der Waals surface area contributed by atoms with Gasteiger partial charge in [0.1, 0.15) is 0 Å². The van der Waals surface area contributed by atoms with Crippen LogP contribution < -0.4 is 10.6 Å². The van der Waals surface area contributed by atoms with E-state index in [4.69, 9.17) is 12.2 Å². The Kier molecular flexibility index (Phi) is 4.10. The fourth-order valence-electron chi connectivity index (χ4n) is 2.88. The molecule has 2 N–H and O–H groups in total. The molecule has 108 valence electrons. The summed E-state index contributed by atoms with van der Waals surface area (Å²) in [5, 5.41) is 7.34. The molecule has 1 aliphatic rings. The monoisotopic (exact) mass is 298 g/mol. The number of aromatic nitrogens is 2. The van der Waals surface area contributed by atoms with Gasteiger partial charge in [-0.1, -0.05) is 18.9 Å². The van der Waals surface area contributed by atoms with Gasteiger partial charge < -0.3 is 10.6 Å². The van der Waals surface area contributed by atoms with Crippen molar-refractivity contribution in [2.75, 3.05) is 5.32 Å². The lowest BCUT2D eigenvalue weighted by Gasteiger charge is -2.31. The van der Waals surface area contributed by atoms with Gasteiger partial charge in [0.2, 0.25) is 0 Å². The van der Waals surface area contributed by atoms with E-state index < -0.39 is 0 Å². The van der Waals surface area contributed by atoms with Crippen LogP contribution in [0.4, 0.5) is 5.69 Å². The Balaban J connectivity index is 1.75. The Morgan fingerprint density at radius 1 is 1.05 bits per heavy atom. The van der Waals surface area contributed by atoms with Crippen LogP contribution in [0, 0.1) is 0 Å².